The number of ether oxygens (including phenoxy) is 1. The predicted octanol–water partition coefficient (Wildman–Crippen LogP) is 3.09. The van der Waals surface area contributed by atoms with Gasteiger partial charge in [0.2, 0.25) is 5.91 Å². The van der Waals surface area contributed by atoms with Gasteiger partial charge in [0.1, 0.15) is 22.5 Å². The van der Waals surface area contributed by atoms with Gasteiger partial charge in [0.05, 0.1) is 25.2 Å². The Balaban J connectivity index is 1.57. The monoisotopic (exact) mass is 383 g/mol. The number of fused-ring (bicyclic) bond motifs is 2. The Labute approximate surface area is 158 Å². The van der Waals surface area contributed by atoms with E-state index in [-0.39, 0.29) is 17.9 Å². The molecule has 0 spiro atoms. The minimum absolute atomic E-state index is 0.0770. The first-order chi connectivity index (χ1) is 13.1. The van der Waals surface area contributed by atoms with E-state index < -0.39 is 0 Å². The normalized spacial score (nSPS) is 11.2. The Morgan fingerprint density at radius 1 is 1.33 bits per heavy atom. The summed E-state index contributed by atoms with van der Waals surface area (Å²) in [6, 6.07) is 7.25. The summed E-state index contributed by atoms with van der Waals surface area (Å²) < 4.78 is 11.8. The summed E-state index contributed by atoms with van der Waals surface area (Å²) in [5.74, 6) is 0.351. The quantitative estimate of drug-likeness (QED) is 0.572. The second-order valence-electron chi connectivity index (χ2n) is 6.04. The molecule has 0 atom stereocenters. The molecule has 0 aliphatic heterocycles. The number of nitrogens with one attached hydrogen (secondary N) is 1. The molecule has 1 N–H and O–H groups in total. The average molecular weight is 383 g/mol. The molecule has 4 aromatic rings. The van der Waals surface area contributed by atoms with E-state index >= 15 is 0 Å². The molecule has 8 heteroatoms. The van der Waals surface area contributed by atoms with Gasteiger partial charge in [-0.1, -0.05) is 6.92 Å². The van der Waals surface area contributed by atoms with E-state index in [1.54, 1.807) is 19.4 Å². The van der Waals surface area contributed by atoms with Crippen LogP contribution in [0.4, 0.5) is 0 Å². The van der Waals surface area contributed by atoms with E-state index in [0.717, 1.165) is 26.9 Å². The summed E-state index contributed by atoms with van der Waals surface area (Å²) >= 11 is 1.49. The molecule has 138 valence electrons. The number of carbonyl (C=O) groups excluding carboxylic acids is 1. The van der Waals surface area contributed by atoms with E-state index in [0.29, 0.717) is 21.5 Å². The Morgan fingerprint density at radius 2 is 2.19 bits per heavy atom. The number of aromatic nitrogens is 2. The zero-order valence-electron chi connectivity index (χ0n) is 14.8. The van der Waals surface area contributed by atoms with E-state index in [1.165, 1.54) is 17.7 Å². The van der Waals surface area contributed by atoms with Gasteiger partial charge < -0.3 is 9.15 Å². The van der Waals surface area contributed by atoms with Crippen LogP contribution in [0.2, 0.25) is 0 Å². The summed E-state index contributed by atoms with van der Waals surface area (Å²) in [6.45, 7) is 2.02. The standard InChI is InChI=1S/C19H17N3O4S/c1-3-13-8-15-18(27-13)20-10-22(19(15)24)21-17(23)6-11-9-26-16-7-12(25-2)4-5-14(11)16/h4-5,7-10H,3,6H2,1-2H3,(H,21,23). The molecular weight excluding hydrogens is 366 g/mol. The van der Waals surface area contributed by atoms with Crippen molar-refractivity contribution in [1.29, 1.82) is 0 Å². The smallest absolute Gasteiger partial charge is 0.280 e. The summed E-state index contributed by atoms with van der Waals surface area (Å²) in [6.07, 6.45) is 3.80. The number of rotatable bonds is 5. The number of hydrogen-bond donors (Lipinski definition) is 1. The van der Waals surface area contributed by atoms with Crippen LogP contribution in [0, 0.1) is 0 Å². The molecule has 0 aliphatic carbocycles. The highest BCUT2D eigenvalue weighted by molar-refractivity contribution is 7.18. The maximum absolute atomic E-state index is 12.6. The molecule has 1 amide bonds. The Hall–Kier alpha value is -3.13. The fourth-order valence-corrected chi connectivity index (χ4v) is 3.83. The SMILES string of the molecule is CCc1cc2c(=O)n(NC(=O)Cc3coc4cc(OC)ccc34)cnc2s1. The molecule has 0 saturated carbocycles. The lowest BCUT2D eigenvalue weighted by atomic mass is 10.1. The molecular formula is C19H17N3O4S. The van der Waals surface area contributed by atoms with Crippen molar-refractivity contribution in [2.75, 3.05) is 12.5 Å². The molecule has 0 fully saturated rings. The highest BCUT2D eigenvalue weighted by Gasteiger charge is 2.14. The van der Waals surface area contributed by atoms with E-state index in [1.807, 2.05) is 25.1 Å². The minimum atomic E-state index is -0.331. The van der Waals surface area contributed by atoms with Gasteiger partial charge in [0.15, 0.2) is 0 Å². The average Bonchev–Trinajstić information content (AvgIpc) is 3.28. The second kappa shape index (κ2) is 6.88. The molecule has 3 aromatic heterocycles. The van der Waals surface area contributed by atoms with E-state index in [2.05, 4.69) is 10.4 Å². The van der Waals surface area contributed by atoms with Crippen LogP contribution in [-0.4, -0.2) is 22.7 Å². The Bertz CT molecular complexity index is 1200. The van der Waals surface area contributed by atoms with Crippen LogP contribution in [0.5, 0.6) is 5.75 Å². The maximum Gasteiger partial charge on any atom is 0.280 e. The van der Waals surface area contributed by atoms with Crippen molar-refractivity contribution in [1.82, 2.24) is 9.66 Å². The van der Waals surface area contributed by atoms with Crippen LogP contribution in [0.25, 0.3) is 21.2 Å². The molecule has 0 unspecified atom stereocenters. The fourth-order valence-electron chi connectivity index (χ4n) is 2.90. The van der Waals surface area contributed by atoms with E-state index in [9.17, 15) is 9.59 Å². The highest BCUT2D eigenvalue weighted by atomic mass is 32.1. The lowest BCUT2D eigenvalue weighted by Crippen LogP contribution is -2.33. The summed E-state index contributed by atoms with van der Waals surface area (Å²) in [5.41, 5.74) is 3.68. The largest absolute Gasteiger partial charge is 0.497 e. The van der Waals surface area contributed by atoms with Crippen LogP contribution in [0.1, 0.15) is 17.4 Å². The lowest BCUT2D eigenvalue weighted by molar-refractivity contribution is -0.116. The predicted molar refractivity (Wildman–Crippen MR) is 104 cm³/mol. The van der Waals surface area contributed by atoms with Gasteiger partial charge in [-0.05, 0) is 24.6 Å². The van der Waals surface area contributed by atoms with Gasteiger partial charge >= 0.3 is 0 Å². The number of nitrogens with zero attached hydrogens (tertiary/aromatic N) is 2. The molecule has 0 saturated heterocycles. The van der Waals surface area contributed by atoms with Crippen molar-refractivity contribution in [2.45, 2.75) is 19.8 Å². The first-order valence-electron chi connectivity index (χ1n) is 8.43. The number of methoxy groups -OCH3 is 1. The third kappa shape index (κ3) is 3.19. The zero-order valence-corrected chi connectivity index (χ0v) is 15.6. The van der Waals surface area contributed by atoms with Gasteiger partial charge in [-0.2, -0.15) is 0 Å². The summed E-state index contributed by atoms with van der Waals surface area (Å²) in [5, 5.41) is 1.35. The van der Waals surface area contributed by atoms with Gasteiger partial charge in [-0.3, -0.25) is 15.0 Å². The number of amides is 1. The van der Waals surface area contributed by atoms with Crippen molar-refractivity contribution < 1.29 is 13.9 Å². The fraction of sp³-hybridized carbons (Fsp3) is 0.211. The summed E-state index contributed by atoms with van der Waals surface area (Å²) in [7, 11) is 1.58. The molecule has 1 aromatic carbocycles. The minimum Gasteiger partial charge on any atom is -0.497 e. The third-order valence-corrected chi connectivity index (χ3v) is 5.50. The molecule has 0 aliphatic rings. The van der Waals surface area contributed by atoms with Crippen molar-refractivity contribution in [2.24, 2.45) is 0 Å². The van der Waals surface area contributed by atoms with Gasteiger partial charge in [0.25, 0.3) is 5.56 Å². The van der Waals surface area contributed by atoms with Gasteiger partial charge in [-0.25, -0.2) is 9.66 Å². The van der Waals surface area contributed by atoms with Crippen LogP contribution in [-0.2, 0) is 17.6 Å². The number of benzene rings is 1. The van der Waals surface area contributed by atoms with E-state index in [4.69, 9.17) is 9.15 Å². The molecule has 4 rings (SSSR count). The summed E-state index contributed by atoms with van der Waals surface area (Å²) in [4.78, 5) is 31.0. The number of thiophene rings is 1. The van der Waals surface area contributed by atoms with Gasteiger partial charge in [0, 0.05) is 21.9 Å². The van der Waals surface area contributed by atoms with Crippen molar-refractivity contribution >= 4 is 38.4 Å². The zero-order chi connectivity index (χ0) is 19.0. The number of carbonyl (C=O) groups is 1. The van der Waals surface area contributed by atoms with Crippen molar-refractivity contribution in [3.63, 3.8) is 0 Å². The first kappa shape index (κ1) is 17.3. The second-order valence-corrected chi connectivity index (χ2v) is 7.15. The molecule has 0 bridgehead atoms. The number of hydrogen-bond acceptors (Lipinski definition) is 6. The Kier molecular flexibility index (Phi) is 4.41. The number of aryl methyl sites for hydroxylation is 1. The first-order valence-corrected chi connectivity index (χ1v) is 9.24. The third-order valence-electron chi connectivity index (χ3n) is 4.31. The van der Waals surface area contributed by atoms with Crippen LogP contribution in [0.15, 0.2) is 46.1 Å². The lowest BCUT2D eigenvalue weighted by Gasteiger charge is -2.07. The highest BCUT2D eigenvalue weighted by Crippen LogP contribution is 2.26. The van der Waals surface area contributed by atoms with Crippen LogP contribution >= 0.6 is 11.3 Å². The molecule has 27 heavy (non-hydrogen) atoms. The topological polar surface area (TPSA) is 86.4 Å². The molecule has 3 heterocycles. The van der Waals surface area contributed by atoms with Crippen molar-refractivity contribution in [3.05, 3.63) is 57.7 Å². The van der Waals surface area contributed by atoms with Gasteiger partial charge in [-0.15, -0.1) is 11.3 Å². The van der Waals surface area contributed by atoms with Crippen molar-refractivity contribution in [3.8, 4) is 5.75 Å². The number of furan rings is 1. The molecule has 0 radical (unpaired) electrons. The maximum atomic E-state index is 12.6. The Morgan fingerprint density at radius 3 is 2.96 bits per heavy atom. The van der Waals surface area contributed by atoms with Crippen LogP contribution in [0.3, 0.4) is 0 Å². The van der Waals surface area contributed by atoms with Crippen LogP contribution < -0.4 is 15.7 Å². The molecule has 7 nitrogen and oxygen atoms in total.